The second kappa shape index (κ2) is 4.22. The van der Waals surface area contributed by atoms with Crippen molar-refractivity contribution in [1.29, 1.82) is 0 Å². The molecular weight excluding hydrogens is 194 g/mol. The van der Waals surface area contributed by atoms with Gasteiger partial charge in [0.1, 0.15) is 5.69 Å². The first-order chi connectivity index (χ1) is 7.28. The van der Waals surface area contributed by atoms with Gasteiger partial charge in [0.2, 0.25) is 0 Å². The number of ether oxygens (including phenoxy) is 1. The Morgan fingerprint density at radius 1 is 1.40 bits per heavy atom. The monoisotopic (exact) mass is 207 g/mol. The van der Waals surface area contributed by atoms with Crippen LogP contribution in [0.4, 0.5) is 0 Å². The molecule has 15 heavy (non-hydrogen) atoms. The van der Waals surface area contributed by atoms with Gasteiger partial charge in [0.15, 0.2) is 0 Å². The van der Waals surface area contributed by atoms with Gasteiger partial charge in [-0.2, -0.15) is 5.10 Å². The van der Waals surface area contributed by atoms with Gasteiger partial charge in [0, 0.05) is 25.9 Å². The highest BCUT2D eigenvalue weighted by molar-refractivity contribution is 5.04. The molecule has 0 aliphatic heterocycles. The van der Waals surface area contributed by atoms with Crippen LogP contribution in [-0.4, -0.2) is 31.9 Å². The standard InChI is InChI=1S/C9H13N5O/c1-13-4-8(3-10-13)5-14-6-9(7-15-2)11-12-14/h3-4,6H,5,7H2,1-2H3. The van der Waals surface area contributed by atoms with Crippen LogP contribution in [0.2, 0.25) is 0 Å². The number of hydrogen-bond acceptors (Lipinski definition) is 4. The Bertz CT molecular complexity index is 433. The van der Waals surface area contributed by atoms with Crippen LogP contribution in [0.5, 0.6) is 0 Å². The molecule has 0 amide bonds. The summed E-state index contributed by atoms with van der Waals surface area (Å²) in [5.74, 6) is 0. The summed E-state index contributed by atoms with van der Waals surface area (Å²) in [6.07, 6.45) is 5.64. The van der Waals surface area contributed by atoms with Gasteiger partial charge in [-0.05, 0) is 0 Å². The van der Waals surface area contributed by atoms with Crippen LogP contribution in [0, 0.1) is 0 Å². The minimum atomic E-state index is 0.493. The van der Waals surface area contributed by atoms with Crippen LogP contribution in [0.25, 0.3) is 0 Å². The van der Waals surface area contributed by atoms with Crippen LogP contribution >= 0.6 is 0 Å². The van der Waals surface area contributed by atoms with Crippen molar-refractivity contribution in [2.75, 3.05) is 7.11 Å². The summed E-state index contributed by atoms with van der Waals surface area (Å²) >= 11 is 0. The summed E-state index contributed by atoms with van der Waals surface area (Å²) in [6, 6.07) is 0. The molecule has 0 atom stereocenters. The molecular formula is C9H13N5O. The van der Waals surface area contributed by atoms with Crippen LogP contribution in [0.15, 0.2) is 18.6 Å². The molecule has 0 unspecified atom stereocenters. The average Bonchev–Trinajstić information content (AvgIpc) is 2.78. The van der Waals surface area contributed by atoms with Gasteiger partial charge < -0.3 is 4.74 Å². The summed E-state index contributed by atoms with van der Waals surface area (Å²) in [7, 11) is 3.53. The number of rotatable bonds is 4. The van der Waals surface area contributed by atoms with E-state index in [1.54, 1.807) is 16.5 Å². The van der Waals surface area contributed by atoms with Crippen molar-refractivity contribution in [2.24, 2.45) is 7.05 Å². The van der Waals surface area contributed by atoms with Gasteiger partial charge in [0.25, 0.3) is 0 Å². The Balaban J connectivity index is 2.04. The SMILES string of the molecule is COCc1cn(Cc2cnn(C)c2)nn1. The van der Waals surface area contributed by atoms with Crippen LogP contribution in [0.3, 0.4) is 0 Å². The highest BCUT2D eigenvalue weighted by Gasteiger charge is 2.02. The van der Waals surface area contributed by atoms with Crippen molar-refractivity contribution in [1.82, 2.24) is 24.8 Å². The summed E-state index contributed by atoms with van der Waals surface area (Å²) < 4.78 is 8.50. The molecule has 0 aromatic carbocycles. The Labute approximate surface area is 87.5 Å². The smallest absolute Gasteiger partial charge is 0.108 e. The van der Waals surface area contributed by atoms with Gasteiger partial charge in [-0.1, -0.05) is 5.21 Å². The van der Waals surface area contributed by atoms with E-state index in [1.165, 1.54) is 0 Å². The maximum absolute atomic E-state index is 4.96. The third-order valence-corrected chi connectivity index (χ3v) is 1.98. The largest absolute Gasteiger partial charge is 0.378 e. The molecule has 0 saturated heterocycles. The highest BCUT2D eigenvalue weighted by Crippen LogP contribution is 2.01. The zero-order valence-corrected chi connectivity index (χ0v) is 8.79. The summed E-state index contributed by atoms with van der Waals surface area (Å²) in [6.45, 7) is 1.18. The van der Waals surface area contributed by atoms with E-state index in [-0.39, 0.29) is 0 Å². The Morgan fingerprint density at radius 2 is 2.27 bits per heavy atom. The molecule has 0 radical (unpaired) electrons. The second-order valence-corrected chi connectivity index (χ2v) is 3.36. The Morgan fingerprint density at radius 3 is 2.93 bits per heavy atom. The molecule has 0 aliphatic carbocycles. The van der Waals surface area contributed by atoms with E-state index < -0.39 is 0 Å². The van der Waals surface area contributed by atoms with Gasteiger partial charge >= 0.3 is 0 Å². The lowest BCUT2D eigenvalue weighted by atomic mass is 10.4. The van der Waals surface area contributed by atoms with Crippen LogP contribution in [0.1, 0.15) is 11.3 Å². The van der Waals surface area contributed by atoms with E-state index in [9.17, 15) is 0 Å². The summed E-state index contributed by atoms with van der Waals surface area (Å²) in [5.41, 5.74) is 1.94. The number of nitrogens with zero attached hydrogens (tertiary/aromatic N) is 5. The van der Waals surface area contributed by atoms with Crippen molar-refractivity contribution in [3.8, 4) is 0 Å². The van der Waals surface area contributed by atoms with Gasteiger partial charge in [-0.15, -0.1) is 5.10 Å². The molecule has 6 nitrogen and oxygen atoms in total. The lowest BCUT2D eigenvalue weighted by Crippen LogP contribution is -1.99. The average molecular weight is 207 g/mol. The zero-order valence-electron chi connectivity index (χ0n) is 8.79. The Kier molecular flexibility index (Phi) is 2.77. The second-order valence-electron chi connectivity index (χ2n) is 3.36. The quantitative estimate of drug-likeness (QED) is 0.719. The van der Waals surface area contributed by atoms with E-state index in [0.717, 1.165) is 11.3 Å². The van der Waals surface area contributed by atoms with Crippen molar-refractivity contribution in [3.05, 3.63) is 29.8 Å². The molecule has 2 heterocycles. The predicted molar refractivity (Wildman–Crippen MR) is 53.0 cm³/mol. The van der Waals surface area contributed by atoms with E-state index in [2.05, 4.69) is 15.4 Å². The van der Waals surface area contributed by atoms with Crippen molar-refractivity contribution in [3.63, 3.8) is 0 Å². The fourth-order valence-corrected chi connectivity index (χ4v) is 1.37. The Hall–Kier alpha value is -1.69. The molecule has 2 aromatic heterocycles. The summed E-state index contributed by atoms with van der Waals surface area (Å²) in [5, 5.41) is 12.0. The molecule has 0 aliphatic rings. The maximum Gasteiger partial charge on any atom is 0.108 e. The molecule has 6 heteroatoms. The minimum absolute atomic E-state index is 0.493. The first-order valence-corrected chi connectivity index (χ1v) is 4.63. The number of hydrogen-bond donors (Lipinski definition) is 0. The van der Waals surface area contributed by atoms with E-state index in [1.807, 2.05) is 25.6 Å². The zero-order chi connectivity index (χ0) is 10.7. The molecule has 0 saturated carbocycles. The van der Waals surface area contributed by atoms with Gasteiger partial charge in [-0.3, -0.25) is 4.68 Å². The van der Waals surface area contributed by atoms with Crippen molar-refractivity contribution >= 4 is 0 Å². The molecule has 0 N–H and O–H groups in total. The first-order valence-electron chi connectivity index (χ1n) is 4.63. The fourth-order valence-electron chi connectivity index (χ4n) is 1.37. The number of methoxy groups -OCH3 is 1. The van der Waals surface area contributed by atoms with E-state index in [0.29, 0.717) is 13.2 Å². The molecule has 2 rings (SSSR count). The summed E-state index contributed by atoms with van der Waals surface area (Å²) in [4.78, 5) is 0. The fraction of sp³-hybridized carbons (Fsp3) is 0.444. The lowest BCUT2D eigenvalue weighted by molar-refractivity contribution is 0.181. The van der Waals surface area contributed by atoms with Gasteiger partial charge in [-0.25, -0.2) is 4.68 Å². The van der Waals surface area contributed by atoms with Crippen molar-refractivity contribution < 1.29 is 4.74 Å². The molecule has 80 valence electrons. The van der Waals surface area contributed by atoms with E-state index >= 15 is 0 Å². The van der Waals surface area contributed by atoms with Crippen LogP contribution in [-0.2, 0) is 24.9 Å². The maximum atomic E-state index is 4.96. The third-order valence-electron chi connectivity index (χ3n) is 1.98. The number of aromatic nitrogens is 5. The first kappa shape index (κ1) is 9.85. The minimum Gasteiger partial charge on any atom is -0.378 e. The molecule has 2 aromatic rings. The predicted octanol–water partition coefficient (Wildman–Crippen LogP) is 0.206. The normalized spacial score (nSPS) is 10.8. The topological polar surface area (TPSA) is 57.8 Å². The van der Waals surface area contributed by atoms with Crippen molar-refractivity contribution in [2.45, 2.75) is 13.2 Å². The molecule has 0 bridgehead atoms. The molecule has 0 fully saturated rings. The lowest BCUT2D eigenvalue weighted by Gasteiger charge is -1.95. The third kappa shape index (κ3) is 2.41. The van der Waals surface area contributed by atoms with Crippen LogP contribution < -0.4 is 0 Å². The highest BCUT2D eigenvalue weighted by atomic mass is 16.5. The number of aryl methyl sites for hydroxylation is 1. The molecule has 0 spiro atoms. The van der Waals surface area contributed by atoms with Gasteiger partial charge in [0.05, 0.1) is 25.5 Å². The van der Waals surface area contributed by atoms with E-state index in [4.69, 9.17) is 4.74 Å².